The molecular weight excluding hydrogens is 1280 g/mol. The molecule has 0 aromatic rings. The van der Waals surface area contributed by atoms with Crippen molar-refractivity contribution in [1.82, 2.24) is 0 Å². The number of phosphoric acid groups is 2. The highest BCUT2D eigenvalue weighted by Gasteiger charge is 2.30. The second-order valence-electron chi connectivity index (χ2n) is 28.9. The first-order valence-electron chi connectivity index (χ1n) is 41.1. The van der Waals surface area contributed by atoms with Gasteiger partial charge < -0.3 is 33.8 Å². The van der Waals surface area contributed by atoms with Crippen molar-refractivity contribution in [2.24, 2.45) is 5.92 Å². The van der Waals surface area contributed by atoms with Gasteiger partial charge in [-0.1, -0.05) is 369 Å². The van der Waals surface area contributed by atoms with Crippen molar-refractivity contribution in [3.63, 3.8) is 0 Å². The molecule has 0 aromatic heterocycles. The number of ether oxygens (including phenoxy) is 4. The minimum atomic E-state index is -4.96. The molecule has 0 aliphatic carbocycles. The Morgan fingerprint density at radius 1 is 0.276 bits per heavy atom. The van der Waals surface area contributed by atoms with Crippen molar-refractivity contribution < 1.29 is 80.2 Å². The Bertz CT molecular complexity index is 1870. The second kappa shape index (κ2) is 72.0. The van der Waals surface area contributed by atoms with Gasteiger partial charge in [0.25, 0.3) is 0 Å². The van der Waals surface area contributed by atoms with E-state index in [1.54, 1.807) is 0 Å². The van der Waals surface area contributed by atoms with E-state index in [-0.39, 0.29) is 25.7 Å². The smallest absolute Gasteiger partial charge is 0.462 e. The third kappa shape index (κ3) is 72.4. The van der Waals surface area contributed by atoms with Crippen LogP contribution in [0.4, 0.5) is 0 Å². The predicted octanol–water partition coefficient (Wildman–Crippen LogP) is 23.6. The van der Waals surface area contributed by atoms with E-state index >= 15 is 0 Å². The molecule has 0 amide bonds. The van der Waals surface area contributed by atoms with Crippen LogP contribution in [0.1, 0.15) is 420 Å². The van der Waals surface area contributed by atoms with Crippen LogP contribution < -0.4 is 0 Å². The van der Waals surface area contributed by atoms with Crippen molar-refractivity contribution in [2.45, 2.75) is 438 Å². The maximum atomic E-state index is 13.1. The van der Waals surface area contributed by atoms with Crippen molar-refractivity contribution in [1.29, 1.82) is 0 Å². The lowest BCUT2D eigenvalue weighted by atomic mass is 10.0. The molecule has 0 aliphatic rings. The zero-order valence-corrected chi connectivity index (χ0v) is 65.7. The first-order valence-corrected chi connectivity index (χ1v) is 44.1. The predicted molar refractivity (Wildman–Crippen MR) is 400 cm³/mol. The third-order valence-corrected chi connectivity index (χ3v) is 20.4. The van der Waals surface area contributed by atoms with E-state index in [2.05, 4.69) is 34.6 Å². The van der Waals surface area contributed by atoms with Crippen LogP contribution >= 0.6 is 15.6 Å². The minimum absolute atomic E-state index is 0.105. The summed E-state index contributed by atoms with van der Waals surface area (Å²) in [6.45, 7) is 7.27. The molecule has 0 radical (unpaired) electrons. The standard InChI is InChI=1S/C79H154O17P2/c1-6-9-12-15-18-21-24-26-28-30-31-33-35-37-40-43-49-54-59-64-78(83)95-74(68-90-77(82)63-58-53-48-42-39-36-34-32-29-27-25-22-19-16-13-10-7-2)70-93-97(85,86)91-66-73(80)67-92-98(87,88)94-71-75(96-79(84)65-60-55-50-45-44-46-51-56-61-72(4)5)69-89-76(81)62-57-52-47-41-38-23-20-17-14-11-8-3/h72-75,80H,6-71H2,1-5H3,(H,85,86)(H,87,88)/t73-,74-,75-/m1/s1. The molecular formula is C79H154O17P2. The van der Waals surface area contributed by atoms with Crippen molar-refractivity contribution >= 4 is 39.5 Å². The highest BCUT2D eigenvalue weighted by Crippen LogP contribution is 2.45. The minimum Gasteiger partial charge on any atom is -0.462 e. The molecule has 19 heteroatoms. The van der Waals surface area contributed by atoms with E-state index < -0.39 is 97.5 Å². The van der Waals surface area contributed by atoms with Crippen LogP contribution in [-0.4, -0.2) is 96.7 Å². The van der Waals surface area contributed by atoms with Gasteiger partial charge in [0.2, 0.25) is 0 Å². The number of hydrogen-bond acceptors (Lipinski definition) is 15. The summed E-state index contributed by atoms with van der Waals surface area (Å²) in [5.74, 6) is -1.39. The third-order valence-electron chi connectivity index (χ3n) is 18.5. The lowest BCUT2D eigenvalue weighted by molar-refractivity contribution is -0.161. The fourth-order valence-electron chi connectivity index (χ4n) is 12.2. The van der Waals surface area contributed by atoms with Gasteiger partial charge in [0.15, 0.2) is 12.2 Å². The van der Waals surface area contributed by atoms with E-state index in [0.29, 0.717) is 25.7 Å². The zero-order chi connectivity index (χ0) is 71.9. The molecule has 0 bridgehead atoms. The lowest BCUT2D eigenvalue weighted by Gasteiger charge is -2.21. The Morgan fingerprint density at radius 2 is 0.469 bits per heavy atom. The SMILES string of the molecule is CCCCCCCCCCCCCCCCCCCCCC(=O)O[C@H](COC(=O)CCCCCCCCCCCCCCCCCCC)COP(=O)(O)OC[C@@H](O)COP(=O)(O)OC[C@@H](COC(=O)CCCCCCCCCCCCC)OC(=O)CCCCCCCCCCC(C)C. The van der Waals surface area contributed by atoms with Crippen LogP contribution in [0.25, 0.3) is 0 Å². The van der Waals surface area contributed by atoms with Crippen LogP contribution in [0.2, 0.25) is 0 Å². The van der Waals surface area contributed by atoms with E-state index in [1.165, 1.54) is 244 Å². The Labute approximate surface area is 600 Å². The van der Waals surface area contributed by atoms with Gasteiger partial charge in [0, 0.05) is 25.7 Å². The molecule has 0 aromatic carbocycles. The summed E-state index contributed by atoms with van der Waals surface area (Å²) >= 11 is 0. The van der Waals surface area contributed by atoms with Crippen molar-refractivity contribution in [3.05, 3.63) is 0 Å². The van der Waals surface area contributed by atoms with Gasteiger partial charge in [-0.3, -0.25) is 37.3 Å². The first-order chi connectivity index (χ1) is 47.5. The fourth-order valence-corrected chi connectivity index (χ4v) is 13.8. The summed E-state index contributed by atoms with van der Waals surface area (Å²) in [7, 11) is -9.91. The highest BCUT2D eigenvalue weighted by atomic mass is 31.2. The topological polar surface area (TPSA) is 237 Å². The Balaban J connectivity index is 5.22. The van der Waals surface area contributed by atoms with E-state index in [0.717, 1.165) is 95.8 Å². The highest BCUT2D eigenvalue weighted by molar-refractivity contribution is 7.47. The van der Waals surface area contributed by atoms with Gasteiger partial charge in [0.05, 0.1) is 26.4 Å². The van der Waals surface area contributed by atoms with Gasteiger partial charge in [-0.25, -0.2) is 9.13 Å². The van der Waals surface area contributed by atoms with Crippen LogP contribution in [-0.2, 0) is 65.4 Å². The Kier molecular flexibility index (Phi) is 70.6. The normalized spacial score (nSPS) is 13.9. The summed E-state index contributed by atoms with van der Waals surface area (Å²) in [6, 6.07) is 0. The number of esters is 4. The fraction of sp³-hybridized carbons (Fsp3) is 0.949. The Hall–Kier alpha value is -1.94. The summed E-state index contributed by atoms with van der Waals surface area (Å²) in [6.07, 6.45) is 62.5. The molecule has 0 spiro atoms. The summed E-state index contributed by atoms with van der Waals surface area (Å²) < 4.78 is 68.6. The largest absolute Gasteiger partial charge is 0.472 e. The maximum absolute atomic E-state index is 13.1. The maximum Gasteiger partial charge on any atom is 0.472 e. The number of hydrogen-bond donors (Lipinski definition) is 3. The number of aliphatic hydroxyl groups is 1. The summed E-state index contributed by atoms with van der Waals surface area (Å²) in [5.41, 5.74) is 0. The molecule has 3 N–H and O–H groups in total. The molecule has 0 heterocycles. The lowest BCUT2D eigenvalue weighted by Crippen LogP contribution is -2.30. The number of carbonyl (C=O) groups is 4. The molecule has 0 fully saturated rings. The zero-order valence-electron chi connectivity index (χ0n) is 63.9. The summed E-state index contributed by atoms with van der Waals surface area (Å²) in [5, 5.41) is 10.6. The van der Waals surface area contributed by atoms with Gasteiger partial charge in [-0.05, 0) is 31.6 Å². The van der Waals surface area contributed by atoms with E-state index in [9.17, 15) is 43.2 Å². The number of rotatable bonds is 79. The van der Waals surface area contributed by atoms with Gasteiger partial charge in [-0.15, -0.1) is 0 Å². The number of carbonyl (C=O) groups excluding carboxylic acids is 4. The molecule has 98 heavy (non-hydrogen) atoms. The quantitative estimate of drug-likeness (QED) is 0.0222. The molecule has 0 aliphatic heterocycles. The number of aliphatic hydroxyl groups excluding tert-OH is 1. The van der Waals surface area contributed by atoms with Gasteiger partial charge in [-0.2, -0.15) is 0 Å². The second-order valence-corrected chi connectivity index (χ2v) is 31.8. The average molecular weight is 1440 g/mol. The van der Waals surface area contributed by atoms with Gasteiger partial charge >= 0.3 is 39.5 Å². The van der Waals surface area contributed by atoms with Crippen LogP contribution in [0, 0.1) is 5.92 Å². The van der Waals surface area contributed by atoms with Crippen LogP contribution in [0.3, 0.4) is 0 Å². The molecule has 0 saturated carbocycles. The number of phosphoric ester groups is 2. The molecule has 2 unspecified atom stereocenters. The molecule has 0 saturated heterocycles. The molecule has 5 atom stereocenters. The van der Waals surface area contributed by atoms with Gasteiger partial charge in [0.1, 0.15) is 19.3 Å². The first kappa shape index (κ1) is 96.1. The molecule has 582 valence electrons. The summed E-state index contributed by atoms with van der Waals surface area (Å²) in [4.78, 5) is 72.9. The van der Waals surface area contributed by atoms with E-state index in [4.69, 9.17) is 37.0 Å². The van der Waals surface area contributed by atoms with E-state index in [1.807, 2.05) is 0 Å². The van der Waals surface area contributed by atoms with Crippen molar-refractivity contribution in [2.75, 3.05) is 39.6 Å². The molecule has 0 rings (SSSR count). The Morgan fingerprint density at radius 3 is 0.694 bits per heavy atom. The average Bonchev–Trinajstić information content (AvgIpc) is 0.955. The van der Waals surface area contributed by atoms with Crippen LogP contribution in [0.15, 0.2) is 0 Å². The van der Waals surface area contributed by atoms with Crippen LogP contribution in [0.5, 0.6) is 0 Å². The molecule has 17 nitrogen and oxygen atoms in total. The van der Waals surface area contributed by atoms with Crippen molar-refractivity contribution in [3.8, 4) is 0 Å². The monoisotopic (exact) mass is 1440 g/mol. The number of unbranched alkanes of at least 4 members (excludes halogenated alkanes) is 51.